The summed E-state index contributed by atoms with van der Waals surface area (Å²) in [5.41, 5.74) is 0.726. The number of β-amino-alcohol motifs (C(OH)–C–C–N with tert-alkyl or cyclic N) is 1. The van der Waals surface area contributed by atoms with Gasteiger partial charge in [0.1, 0.15) is 5.54 Å². The summed E-state index contributed by atoms with van der Waals surface area (Å²) >= 11 is 0. The average Bonchev–Trinajstić information content (AvgIpc) is 2.42. The monoisotopic (exact) mass is 280 g/mol. The molecule has 0 bridgehead atoms. The van der Waals surface area contributed by atoms with Crippen molar-refractivity contribution in [3.05, 3.63) is 12.1 Å². The SMILES string of the molecule is COc1cc2c(cc1OC)N(CCO)C(=O)C(C)(C)N2. The molecule has 0 aliphatic carbocycles. The lowest BCUT2D eigenvalue weighted by molar-refractivity contribution is -0.122. The Kier molecular flexibility index (Phi) is 3.76. The van der Waals surface area contributed by atoms with Crippen molar-refractivity contribution in [2.75, 3.05) is 37.6 Å². The van der Waals surface area contributed by atoms with Crippen molar-refractivity contribution in [3.63, 3.8) is 0 Å². The Morgan fingerprint density at radius 2 is 1.85 bits per heavy atom. The zero-order valence-corrected chi connectivity index (χ0v) is 12.2. The summed E-state index contributed by atoms with van der Waals surface area (Å²) in [5.74, 6) is 1.04. The van der Waals surface area contributed by atoms with E-state index in [0.29, 0.717) is 17.2 Å². The van der Waals surface area contributed by atoms with Gasteiger partial charge in [-0.15, -0.1) is 0 Å². The molecule has 6 nitrogen and oxygen atoms in total. The van der Waals surface area contributed by atoms with Crippen molar-refractivity contribution in [2.45, 2.75) is 19.4 Å². The molecule has 0 fully saturated rings. The molecule has 0 unspecified atom stereocenters. The van der Waals surface area contributed by atoms with Crippen LogP contribution < -0.4 is 19.7 Å². The average molecular weight is 280 g/mol. The van der Waals surface area contributed by atoms with Crippen LogP contribution in [0.1, 0.15) is 13.8 Å². The molecule has 1 heterocycles. The highest BCUT2D eigenvalue weighted by Crippen LogP contribution is 2.42. The fourth-order valence-electron chi connectivity index (χ4n) is 2.35. The molecule has 0 saturated carbocycles. The van der Waals surface area contributed by atoms with Crippen LogP contribution in [0.4, 0.5) is 11.4 Å². The fourth-order valence-corrected chi connectivity index (χ4v) is 2.35. The van der Waals surface area contributed by atoms with Gasteiger partial charge in [0.2, 0.25) is 0 Å². The van der Waals surface area contributed by atoms with Crippen LogP contribution in [0.2, 0.25) is 0 Å². The van der Waals surface area contributed by atoms with E-state index in [1.165, 1.54) is 0 Å². The number of amides is 1. The standard InChI is InChI=1S/C14H20N2O4/c1-14(2)13(18)16(5-6-17)10-8-12(20-4)11(19-3)7-9(10)15-14/h7-8,15,17H,5-6H2,1-4H3. The van der Waals surface area contributed by atoms with Crippen molar-refractivity contribution < 1.29 is 19.4 Å². The number of methoxy groups -OCH3 is 2. The van der Waals surface area contributed by atoms with Crippen LogP contribution in [0.5, 0.6) is 11.5 Å². The highest BCUT2D eigenvalue weighted by atomic mass is 16.5. The first kappa shape index (κ1) is 14.5. The van der Waals surface area contributed by atoms with E-state index in [1.54, 1.807) is 45.1 Å². The Hall–Kier alpha value is -1.95. The molecule has 1 aliphatic rings. The van der Waals surface area contributed by atoms with Gasteiger partial charge in [-0.3, -0.25) is 4.79 Å². The predicted octanol–water partition coefficient (Wildman–Crippen LogP) is 1.23. The summed E-state index contributed by atoms with van der Waals surface area (Å²) in [5, 5.41) is 12.4. The molecular formula is C14H20N2O4. The lowest BCUT2D eigenvalue weighted by Crippen LogP contribution is -2.54. The summed E-state index contributed by atoms with van der Waals surface area (Å²) in [7, 11) is 3.11. The summed E-state index contributed by atoms with van der Waals surface area (Å²) in [6.45, 7) is 3.75. The van der Waals surface area contributed by atoms with E-state index < -0.39 is 5.54 Å². The first-order valence-electron chi connectivity index (χ1n) is 6.41. The molecule has 2 N–H and O–H groups in total. The lowest BCUT2D eigenvalue weighted by Gasteiger charge is -2.40. The number of nitrogens with one attached hydrogen (secondary N) is 1. The minimum absolute atomic E-state index is 0.0914. The minimum Gasteiger partial charge on any atom is -0.493 e. The van der Waals surface area contributed by atoms with Gasteiger partial charge in [-0.25, -0.2) is 0 Å². The van der Waals surface area contributed by atoms with Crippen LogP contribution in [0.3, 0.4) is 0 Å². The van der Waals surface area contributed by atoms with Crippen LogP contribution in [-0.2, 0) is 4.79 Å². The second-order valence-electron chi connectivity index (χ2n) is 5.15. The van der Waals surface area contributed by atoms with Crippen molar-refractivity contribution in [2.24, 2.45) is 0 Å². The quantitative estimate of drug-likeness (QED) is 0.868. The summed E-state index contributed by atoms with van der Waals surface area (Å²) in [4.78, 5) is 14.0. The molecule has 1 aliphatic heterocycles. The number of carbonyl (C=O) groups excluding carboxylic acids is 1. The first-order valence-corrected chi connectivity index (χ1v) is 6.41. The van der Waals surface area contributed by atoms with E-state index in [4.69, 9.17) is 9.47 Å². The molecule has 0 aromatic heterocycles. The first-order chi connectivity index (χ1) is 9.44. The van der Waals surface area contributed by atoms with E-state index in [1.807, 2.05) is 0 Å². The number of aliphatic hydroxyl groups is 1. The maximum Gasteiger partial charge on any atom is 0.252 e. The smallest absolute Gasteiger partial charge is 0.252 e. The number of hydrogen-bond acceptors (Lipinski definition) is 5. The van der Waals surface area contributed by atoms with Crippen LogP contribution in [0.15, 0.2) is 12.1 Å². The number of nitrogens with zero attached hydrogens (tertiary/aromatic N) is 1. The molecule has 0 spiro atoms. The Labute approximate surface area is 118 Å². The molecule has 110 valence electrons. The van der Waals surface area contributed by atoms with E-state index in [-0.39, 0.29) is 19.1 Å². The summed E-state index contributed by atoms with van der Waals surface area (Å²) in [6.07, 6.45) is 0. The molecule has 6 heteroatoms. The summed E-state index contributed by atoms with van der Waals surface area (Å²) < 4.78 is 10.5. The topological polar surface area (TPSA) is 71.0 Å². The van der Waals surface area contributed by atoms with Crippen LogP contribution >= 0.6 is 0 Å². The Morgan fingerprint density at radius 1 is 1.25 bits per heavy atom. The number of carbonyl (C=O) groups is 1. The molecule has 1 amide bonds. The molecular weight excluding hydrogens is 260 g/mol. The molecule has 0 radical (unpaired) electrons. The largest absolute Gasteiger partial charge is 0.493 e. The number of aliphatic hydroxyl groups excluding tert-OH is 1. The molecule has 20 heavy (non-hydrogen) atoms. The van der Waals surface area contributed by atoms with E-state index >= 15 is 0 Å². The van der Waals surface area contributed by atoms with Crippen molar-refractivity contribution >= 4 is 17.3 Å². The highest BCUT2D eigenvalue weighted by molar-refractivity contribution is 6.07. The summed E-state index contributed by atoms with van der Waals surface area (Å²) in [6, 6.07) is 3.54. The normalized spacial score (nSPS) is 16.4. The molecule has 1 aromatic rings. The van der Waals surface area contributed by atoms with Crippen molar-refractivity contribution in [3.8, 4) is 11.5 Å². The molecule has 0 saturated heterocycles. The molecule has 0 atom stereocenters. The van der Waals surface area contributed by atoms with Gasteiger partial charge in [-0.2, -0.15) is 0 Å². The number of rotatable bonds is 4. The van der Waals surface area contributed by atoms with Gasteiger partial charge in [-0.1, -0.05) is 0 Å². The Bertz CT molecular complexity index is 528. The van der Waals surface area contributed by atoms with Crippen LogP contribution in [0.25, 0.3) is 0 Å². The predicted molar refractivity (Wildman–Crippen MR) is 76.7 cm³/mol. The third-order valence-electron chi connectivity index (χ3n) is 3.34. The molecule has 2 rings (SSSR count). The van der Waals surface area contributed by atoms with E-state index in [2.05, 4.69) is 5.32 Å². The van der Waals surface area contributed by atoms with Gasteiger partial charge < -0.3 is 24.8 Å². The van der Waals surface area contributed by atoms with Gasteiger partial charge in [0.15, 0.2) is 11.5 Å². The van der Waals surface area contributed by atoms with Gasteiger partial charge in [0.25, 0.3) is 5.91 Å². The second-order valence-corrected chi connectivity index (χ2v) is 5.15. The van der Waals surface area contributed by atoms with Crippen molar-refractivity contribution in [1.82, 2.24) is 0 Å². The van der Waals surface area contributed by atoms with Gasteiger partial charge in [-0.05, 0) is 13.8 Å². The lowest BCUT2D eigenvalue weighted by atomic mass is 9.97. The van der Waals surface area contributed by atoms with E-state index in [9.17, 15) is 9.90 Å². The Balaban J connectivity index is 2.57. The molecule has 1 aromatic carbocycles. The number of hydrogen-bond donors (Lipinski definition) is 2. The second kappa shape index (κ2) is 5.20. The highest BCUT2D eigenvalue weighted by Gasteiger charge is 2.39. The number of benzene rings is 1. The van der Waals surface area contributed by atoms with Gasteiger partial charge >= 0.3 is 0 Å². The zero-order chi connectivity index (χ0) is 14.9. The third kappa shape index (κ3) is 2.27. The van der Waals surface area contributed by atoms with E-state index in [0.717, 1.165) is 5.69 Å². The maximum absolute atomic E-state index is 12.4. The van der Waals surface area contributed by atoms with Crippen molar-refractivity contribution in [1.29, 1.82) is 0 Å². The van der Waals surface area contributed by atoms with Gasteiger partial charge in [0.05, 0.1) is 32.2 Å². The maximum atomic E-state index is 12.4. The minimum atomic E-state index is -0.734. The third-order valence-corrected chi connectivity index (χ3v) is 3.34. The zero-order valence-electron chi connectivity index (χ0n) is 12.2. The number of ether oxygens (including phenoxy) is 2. The van der Waals surface area contributed by atoms with Gasteiger partial charge in [0, 0.05) is 18.7 Å². The Morgan fingerprint density at radius 3 is 2.40 bits per heavy atom. The fraction of sp³-hybridized carbons (Fsp3) is 0.500. The van der Waals surface area contributed by atoms with Crippen LogP contribution in [0, 0.1) is 0 Å². The number of fused-ring (bicyclic) bond motifs is 1. The number of anilines is 2. The van der Waals surface area contributed by atoms with Crippen LogP contribution in [-0.4, -0.2) is 43.9 Å².